The number of aromatic nitrogens is 2. The van der Waals surface area contributed by atoms with E-state index in [4.69, 9.17) is 26.3 Å². The average Bonchev–Trinajstić information content (AvgIpc) is 2.95. The molecule has 0 aliphatic carbocycles. The van der Waals surface area contributed by atoms with Crippen molar-refractivity contribution in [2.45, 2.75) is 24.5 Å². The lowest BCUT2D eigenvalue weighted by atomic mass is 10.1. The number of halogens is 1. The van der Waals surface area contributed by atoms with E-state index in [1.54, 1.807) is 12.1 Å². The van der Waals surface area contributed by atoms with Gasteiger partial charge in [0.1, 0.15) is 18.3 Å². The monoisotopic (exact) mass is 397 g/mol. The molecule has 10 nitrogen and oxygen atoms in total. The molecular weight excluding hydrogens is 382 g/mol. The summed E-state index contributed by atoms with van der Waals surface area (Å²) in [5.74, 6) is -0.835. The molecule has 1 aromatic heterocycles. The number of aliphatic hydroxyl groups excluding tert-OH is 3. The Morgan fingerprint density at radius 1 is 1.30 bits per heavy atom. The van der Waals surface area contributed by atoms with Crippen LogP contribution in [0.5, 0.6) is 0 Å². The van der Waals surface area contributed by atoms with Crippen molar-refractivity contribution < 1.29 is 29.7 Å². The van der Waals surface area contributed by atoms with Gasteiger partial charge < -0.3 is 24.9 Å². The summed E-state index contributed by atoms with van der Waals surface area (Å²) in [7, 11) is 0. The van der Waals surface area contributed by atoms with Gasteiger partial charge in [-0.05, 0) is 12.1 Å². The summed E-state index contributed by atoms with van der Waals surface area (Å²) in [6, 6.07) is 7.57. The van der Waals surface area contributed by atoms with E-state index in [1.807, 2.05) is 0 Å². The number of rotatable bonds is 5. The SMILES string of the molecule is O=C(ONc1ccn([C@@H]2O[C@H](CO)[C@@H](O)[C@H]2O)c(=O)n1)c1ccccc1Cl. The third-order valence-corrected chi connectivity index (χ3v) is 4.29. The Kier molecular flexibility index (Phi) is 5.73. The molecule has 0 unspecified atom stereocenters. The van der Waals surface area contributed by atoms with E-state index in [1.165, 1.54) is 24.4 Å². The average molecular weight is 398 g/mol. The van der Waals surface area contributed by atoms with Crippen LogP contribution in [0.4, 0.5) is 5.82 Å². The summed E-state index contributed by atoms with van der Waals surface area (Å²) >= 11 is 5.90. The standard InChI is InChI=1S/C16H16ClN3O7/c17-9-4-2-1-3-8(9)15(24)27-19-11-5-6-20(16(25)18-11)14-13(23)12(22)10(7-21)26-14/h1-6,10,12-14,21-23H,7H2,(H,18,19,25)/t10-,12-,13-,14-/m1/s1. The molecule has 4 atom stereocenters. The van der Waals surface area contributed by atoms with E-state index in [-0.39, 0.29) is 16.4 Å². The zero-order valence-corrected chi connectivity index (χ0v) is 14.5. The number of carbonyl (C=O) groups is 1. The zero-order valence-electron chi connectivity index (χ0n) is 13.7. The first kappa shape index (κ1) is 19.3. The van der Waals surface area contributed by atoms with Gasteiger partial charge in [-0.3, -0.25) is 4.57 Å². The molecule has 27 heavy (non-hydrogen) atoms. The Labute approximate surface area is 157 Å². The lowest BCUT2D eigenvalue weighted by molar-refractivity contribution is -0.0549. The van der Waals surface area contributed by atoms with Crippen molar-refractivity contribution in [2.75, 3.05) is 12.1 Å². The van der Waals surface area contributed by atoms with Crippen molar-refractivity contribution in [3.05, 3.63) is 57.6 Å². The highest BCUT2D eigenvalue weighted by Gasteiger charge is 2.43. The predicted octanol–water partition coefficient (Wildman–Crippen LogP) is -0.308. The van der Waals surface area contributed by atoms with E-state index in [9.17, 15) is 19.8 Å². The quantitative estimate of drug-likeness (QED) is 0.499. The normalized spacial score (nSPS) is 24.6. The molecule has 1 saturated heterocycles. The number of carbonyl (C=O) groups excluding carboxylic acids is 1. The minimum atomic E-state index is -1.42. The molecule has 11 heteroatoms. The van der Waals surface area contributed by atoms with Crippen LogP contribution in [0.3, 0.4) is 0 Å². The summed E-state index contributed by atoms with van der Waals surface area (Å²) in [6.07, 6.45) is -3.76. The molecule has 0 bridgehead atoms. The zero-order chi connectivity index (χ0) is 19.6. The first-order chi connectivity index (χ1) is 12.9. The number of nitrogens with zero attached hydrogens (tertiary/aromatic N) is 2. The number of benzene rings is 1. The third-order valence-electron chi connectivity index (χ3n) is 3.96. The molecule has 1 aliphatic heterocycles. The number of nitrogens with one attached hydrogen (secondary N) is 1. The van der Waals surface area contributed by atoms with Gasteiger partial charge in [0, 0.05) is 12.3 Å². The summed E-state index contributed by atoms with van der Waals surface area (Å²) < 4.78 is 6.21. The summed E-state index contributed by atoms with van der Waals surface area (Å²) in [4.78, 5) is 32.6. The fourth-order valence-corrected chi connectivity index (χ4v) is 2.77. The van der Waals surface area contributed by atoms with Gasteiger partial charge in [-0.15, -0.1) is 0 Å². The minimum absolute atomic E-state index is 0.0663. The van der Waals surface area contributed by atoms with Gasteiger partial charge in [-0.25, -0.2) is 9.59 Å². The molecular formula is C16H16ClN3O7. The number of ether oxygens (including phenoxy) is 1. The number of hydrogen-bond acceptors (Lipinski definition) is 9. The molecule has 2 aromatic rings. The second-order valence-corrected chi connectivity index (χ2v) is 6.11. The van der Waals surface area contributed by atoms with Gasteiger partial charge in [0.15, 0.2) is 12.0 Å². The highest BCUT2D eigenvalue weighted by molar-refractivity contribution is 6.33. The molecule has 3 rings (SSSR count). The summed E-state index contributed by atoms with van der Waals surface area (Å²) in [5, 5.41) is 29.0. The number of aliphatic hydroxyl groups is 3. The summed E-state index contributed by atoms with van der Waals surface area (Å²) in [6.45, 7) is -0.519. The van der Waals surface area contributed by atoms with Crippen molar-refractivity contribution in [3.63, 3.8) is 0 Å². The largest absolute Gasteiger partial charge is 0.394 e. The molecule has 144 valence electrons. The highest BCUT2D eigenvalue weighted by Crippen LogP contribution is 2.28. The van der Waals surface area contributed by atoms with Crippen molar-refractivity contribution in [2.24, 2.45) is 0 Å². The first-order valence-electron chi connectivity index (χ1n) is 7.85. The Bertz CT molecular complexity index is 890. The minimum Gasteiger partial charge on any atom is -0.394 e. The van der Waals surface area contributed by atoms with Crippen LogP contribution in [0.1, 0.15) is 16.6 Å². The second kappa shape index (κ2) is 8.03. The molecule has 2 heterocycles. The summed E-state index contributed by atoms with van der Waals surface area (Å²) in [5.41, 5.74) is 1.54. The predicted molar refractivity (Wildman–Crippen MR) is 92.0 cm³/mol. The van der Waals surface area contributed by atoms with E-state index >= 15 is 0 Å². The van der Waals surface area contributed by atoms with Crippen LogP contribution >= 0.6 is 11.6 Å². The van der Waals surface area contributed by atoms with Crippen molar-refractivity contribution >= 4 is 23.4 Å². The van der Waals surface area contributed by atoms with E-state index in [0.717, 1.165) is 4.57 Å². The fourth-order valence-electron chi connectivity index (χ4n) is 2.55. The maximum absolute atomic E-state index is 12.2. The molecule has 1 aromatic carbocycles. The Balaban J connectivity index is 1.70. The number of anilines is 1. The molecule has 0 amide bonds. The lowest BCUT2D eigenvalue weighted by Crippen LogP contribution is -2.36. The highest BCUT2D eigenvalue weighted by atomic mass is 35.5. The Hall–Kier alpha value is -2.50. The Morgan fingerprint density at radius 2 is 2.04 bits per heavy atom. The molecule has 1 fully saturated rings. The molecule has 0 radical (unpaired) electrons. The van der Waals surface area contributed by atoms with Gasteiger partial charge >= 0.3 is 11.7 Å². The van der Waals surface area contributed by atoms with E-state index in [0.29, 0.717) is 0 Å². The van der Waals surface area contributed by atoms with Crippen LogP contribution in [0, 0.1) is 0 Å². The van der Waals surface area contributed by atoms with Crippen LogP contribution in [-0.4, -0.2) is 55.8 Å². The molecule has 0 saturated carbocycles. The van der Waals surface area contributed by atoms with Crippen molar-refractivity contribution in [1.82, 2.24) is 9.55 Å². The topological polar surface area (TPSA) is 143 Å². The number of hydrogen-bond donors (Lipinski definition) is 4. The van der Waals surface area contributed by atoms with Gasteiger partial charge in [0.25, 0.3) is 0 Å². The lowest BCUT2D eigenvalue weighted by Gasteiger charge is -2.17. The van der Waals surface area contributed by atoms with Gasteiger partial charge in [0.05, 0.1) is 17.2 Å². The van der Waals surface area contributed by atoms with Crippen molar-refractivity contribution in [3.8, 4) is 0 Å². The van der Waals surface area contributed by atoms with Crippen LogP contribution < -0.4 is 11.2 Å². The van der Waals surface area contributed by atoms with Gasteiger partial charge in [-0.2, -0.15) is 10.5 Å². The van der Waals surface area contributed by atoms with Gasteiger partial charge in [0.2, 0.25) is 0 Å². The van der Waals surface area contributed by atoms with Crippen LogP contribution in [0.15, 0.2) is 41.3 Å². The Morgan fingerprint density at radius 3 is 2.67 bits per heavy atom. The molecule has 0 spiro atoms. The van der Waals surface area contributed by atoms with Crippen molar-refractivity contribution in [1.29, 1.82) is 0 Å². The smallest absolute Gasteiger partial charge is 0.364 e. The molecule has 4 N–H and O–H groups in total. The second-order valence-electron chi connectivity index (χ2n) is 5.70. The van der Waals surface area contributed by atoms with Crippen LogP contribution in [0.2, 0.25) is 5.02 Å². The molecule has 1 aliphatic rings. The fraction of sp³-hybridized carbons (Fsp3) is 0.312. The van der Waals surface area contributed by atoms with Gasteiger partial charge in [-0.1, -0.05) is 23.7 Å². The first-order valence-corrected chi connectivity index (χ1v) is 8.23. The third kappa shape index (κ3) is 3.94. The van der Waals surface area contributed by atoms with Crippen LogP contribution in [-0.2, 0) is 9.57 Å². The maximum Gasteiger partial charge on any atom is 0.364 e. The maximum atomic E-state index is 12.2. The van der Waals surface area contributed by atoms with E-state index in [2.05, 4.69) is 10.5 Å². The van der Waals surface area contributed by atoms with E-state index < -0.39 is 42.8 Å². The van der Waals surface area contributed by atoms with Crippen LogP contribution in [0.25, 0.3) is 0 Å².